The number of ether oxygens (including phenoxy) is 1. The predicted molar refractivity (Wildman–Crippen MR) is 61.6 cm³/mol. The Hall–Kier alpha value is -1.03. The van der Waals surface area contributed by atoms with Gasteiger partial charge in [-0.1, -0.05) is 13.8 Å². The van der Waals surface area contributed by atoms with Crippen LogP contribution in [-0.2, 0) is 0 Å². The molecule has 1 aromatic rings. The SMILES string of the molecule is COc1cc(NC(CCl)C(C)C)ncn1. The van der Waals surface area contributed by atoms with Crippen molar-refractivity contribution in [2.24, 2.45) is 5.92 Å². The number of nitrogens with zero attached hydrogens (tertiary/aromatic N) is 2. The fourth-order valence-electron chi connectivity index (χ4n) is 1.10. The highest BCUT2D eigenvalue weighted by Crippen LogP contribution is 2.14. The third kappa shape index (κ3) is 3.55. The van der Waals surface area contributed by atoms with Crippen molar-refractivity contribution in [3.8, 4) is 5.88 Å². The van der Waals surface area contributed by atoms with Crippen molar-refractivity contribution in [3.63, 3.8) is 0 Å². The Morgan fingerprint density at radius 2 is 2.20 bits per heavy atom. The molecule has 0 saturated carbocycles. The van der Waals surface area contributed by atoms with Gasteiger partial charge in [0.2, 0.25) is 5.88 Å². The number of methoxy groups -OCH3 is 1. The van der Waals surface area contributed by atoms with Gasteiger partial charge in [0.05, 0.1) is 7.11 Å². The monoisotopic (exact) mass is 229 g/mol. The number of hydrogen-bond donors (Lipinski definition) is 1. The molecule has 1 N–H and O–H groups in total. The minimum atomic E-state index is 0.200. The Morgan fingerprint density at radius 1 is 1.47 bits per heavy atom. The summed E-state index contributed by atoms with van der Waals surface area (Å²) in [4.78, 5) is 8.03. The van der Waals surface area contributed by atoms with Crippen LogP contribution in [0.1, 0.15) is 13.8 Å². The van der Waals surface area contributed by atoms with Gasteiger partial charge in [0.15, 0.2) is 0 Å². The molecule has 84 valence electrons. The Labute approximate surface area is 95.0 Å². The summed E-state index contributed by atoms with van der Waals surface area (Å²) in [5.74, 6) is 2.28. The van der Waals surface area contributed by atoms with E-state index >= 15 is 0 Å². The minimum Gasteiger partial charge on any atom is -0.481 e. The molecule has 0 aliphatic heterocycles. The summed E-state index contributed by atoms with van der Waals surface area (Å²) in [5, 5.41) is 3.24. The van der Waals surface area contributed by atoms with Crippen LogP contribution in [0.2, 0.25) is 0 Å². The lowest BCUT2D eigenvalue weighted by Crippen LogP contribution is -2.27. The van der Waals surface area contributed by atoms with Gasteiger partial charge >= 0.3 is 0 Å². The molecule has 4 nitrogen and oxygen atoms in total. The van der Waals surface area contributed by atoms with E-state index < -0.39 is 0 Å². The van der Waals surface area contributed by atoms with Gasteiger partial charge in [-0.05, 0) is 5.92 Å². The lowest BCUT2D eigenvalue weighted by molar-refractivity contribution is 0.397. The summed E-state index contributed by atoms with van der Waals surface area (Å²) in [6.07, 6.45) is 1.47. The number of nitrogens with one attached hydrogen (secondary N) is 1. The smallest absolute Gasteiger partial charge is 0.218 e. The molecule has 0 spiro atoms. The van der Waals surface area contributed by atoms with E-state index in [-0.39, 0.29) is 6.04 Å². The zero-order valence-corrected chi connectivity index (χ0v) is 9.95. The minimum absolute atomic E-state index is 0.200. The van der Waals surface area contributed by atoms with Crippen LogP contribution in [0.5, 0.6) is 5.88 Å². The highest BCUT2D eigenvalue weighted by molar-refractivity contribution is 6.18. The van der Waals surface area contributed by atoms with Crippen LogP contribution in [-0.4, -0.2) is 29.0 Å². The molecule has 1 rings (SSSR count). The first-order chi connectivity index (χ1) is 7.17. The number of anilines is 1. The summed E-state index contributed by atoms with van der Waals surface area (Å²) in [7, 11) is 1.58. The van der Waals surface area contributed by atoms with E-state index in [2.05, 4.69) is 29.1 Å². The molecule has 0 saturated heterocycles. The second-order valence-corrected chi connectivity index (χ2v) is 3.90. The van der Waals surface area contributed by atoms with E-state index in [1.807, 2.05) is 0 Å². The van der Waals surface area contributed by atoms with Crippen LogP contribution >= 0.6 is 11.6 Å². The summed E-state index contributed by atoms with van der Waals surface area (Å²) in [6, 6.07) is 1.95. The van der Waals surface area contributed by atoms with Crippen molar-refractivity contribution in [2.75, 3.05) is 18.3 Å². The molecular weight excluding hydrogens is 214 g/mol. The molecule has 1 heterocycles. The predicted octanol–water partition coefficient (Wildman–Crippen LogP) is 2.16. The standard InChI is InChI=1S/C10H16ClN3O/c1-7(2)8(5-11)14-9-4-10(15-3)13-6-12-9/h4,6-8H,5H2,1-3H3,(H,12,13,14). The van der Waals surface area contributed by atoms with E-state index in [0.717, 1.165) is 5.82 Å². The van der Waals surface area contributed by atoms with Crippen LogP contribution < -0.4 is 10.1 Å². The maximum Gasteiger partial charge on any atom is 0.218 e. The third-order valence-corrected chi connectivity index (χ3v) is 2.49. The average molecular weight is 230 g/mol. The average Bonchev–Trinajstić information content (AvgIpc) is 2.25. The lowest BCUT2D eigenvalue weighted by Gasteiger charge is -2.20. The van der Waals surface area contributed by atoms with Gasteiger partial charge in [-0.3, -0.25) is 0 Å². The molecule has 0 aromatic carbocycles. The molecule has 1 unspecified atom stereocenters. The van der Waals surface area contributed by atoms with Crippen LogP contribution in [0, 0.1) is 5.92 Å². The number of aromatic nitrogens is 2. The Bertz CT molecular complexity index is 306. The highest BCUT2D eigenvalue weighted by Gasteiger charge is 2.12. The Balaban J connectivity index is 2.70. The van der Waals surface area contributed by atoms with Gasteiger partial charge < -0.3 is 10.1 Å². The van der Waals surface area contributed by atoms with Crippen LogP contribution in [0.3, 0.4) is 0 Å². The molecular formula is C10H16ClN3O. The molecule has 0 radical (unpaired) electrons. The van der Waals surface area contributed by atoms with Crippen LogP contribution in [0.25, 0.3) is 0 Å². The number of halogens is 1. The first-order valence-corrected chi connectivity index (χ1v) is 5.39. The fraction of sp³-hybridized carbons (Fsp3) is 0.600. The summed E-state index contributed by atoms with van der Waals surface area (Å²) >= 11 is 5.85. The van der Waals surface area contributed by atoms with E-state index in [4.69, 9.17) is 16.3 Å². The normalized spacial score (nSPS) is 12.6. The van der Waals surface area contributed by atoms with Gasteiger partial charge in [-0.15, -0.1) is 11.6 Å². The second-order valence-electron chi connectivity index (χ2n) is 3.59. The zero-order valence-electron chi connectivity index (χ0n) is 9.20. The molecule has 1 aromatic heterocycles. The number of alkyl halides is 1. The molecule has 0 aliphatic carbocycles. The third-order valence-electron chi connectivity index (χ3n) is 2.16. The van der Waals surface area contributed by atoms with E-state index in [1.54, 1.807) is 13.2 Å². The van der Waals surface area contributed by atoms with E-state index in [0.29, 0.717) is 17.7 Å². The Kier molecular flexibility index (Phi) is 4.62. The van der Waals surface area contributed by atoms with Gasteiger partial charge in [0.25, 0.3) is 0 Å². The quantitative estimate of drug-likeness (QED) is 0.787. The van der Waals surface area contributed by atoms with Gasteiger partial charge in [-0.2, -0.15) is 0 Å². The number of hydrogen-bond acceptors (Lipinski definition) is 4. The molecule has 1 atom stereocenters. The molecule has 0 bridgehead atoms. The van der Waals surface area contributed by atoms with E-state index in [1.165, 1.54) is 6.33 Å². The molecule has 5 heteroatoms. The number of rotatable bonds is 5. The molecule has 0 amide bonds. The van der Waals surface area contributed by atoms with Crippen LogP contribution in [0.4, 0.5) is 5.82 Å². The lowest BCUT2D eigenvalue weighted by atomic mass is 10.1. The maximum atomic E-state index is 5.85. The maximum absolute atomic E-state index is 5.85. The van der Waals surface area contributed by atoms with Crippen molar-refractivity contribution in [1.29, 1.82) is 0 Å². The van der Waals surface area contributed by atoms with E-state index in [9.17, 15) is 0 Å². The zero-order chi connectivity index (χ0) is 11.3. The Morgan fingerprint density at radius 3 is 2.73 bits per heavy atom. The summed E-state index contributed by atoms with van der Waals surface area (Å²) in [5.41, 5.74) is 0. The van der Waals surface area contributed by atoms with Crippen molar-refractivity contribution in [3.05, 3.63) is 12.4 Å². The van der Waals surface area contributed by atoms with Crippen LogP contribution in [0.15, 0.2) is 12.4 Å². The second kappa shape index (κ2) is 5.75. The summed E-state index contributed by atoms with van der Waals surface area (Å²) < 4.78 is 5.01. The van der Waals surface area contributed by atoms with Crippen molar-refractivity contribution >= 4 is 17.4 Å². The van der Waals surface area contributed by atoms with Gasteiger partial charge in [0, 0.05) is 18.0 Å². The summed E-state index contributed by atoms with van der Waals surface area (Å²) in [6.45, 7) is 4.22. The van der Waals surface area contributed by atoms with Crippen molar-refractivity contribution in [2.45, 2.75) is 19.9 Å². The molecule has 15 heavy (non-hydrogen) atoms. The van der Waals surface area contributed by atoms with Crippen molar-refractivity contribution < 1.29 is 4.74 Å². The molecule has 0 aliphatic rings. The van der Waals surface area contributed by atoms with Gasteiger partial charge in [0.1, 0.15) is 12.1 Å². The molecule has 0 fully saturated rings. The largest absolute Gasteiger partial charge is 0.481 e. The highest BCUT2D eigenvalue weighted by atomic mass is 35.5. The topological polar surface area (TPSA) is 47.0 Å². The first kappa shape index (κ1) is 12.0. The van der Waals surface area contributed by atoms with Gasteiger partial charge in [-0.25, -0.2) is 9.97 Å². The van der Waals surface area contributed by atoms with Crippen molar-refractivity contribution in [1.82, 2.24) is 9.97 Å². The fourth-order valence-corrected chi connectivity index (χ4v) is 1.54. The first-order valence-electron chi connectivity index (χ1n) is 4.86.